The number of hydrogen-bond donors (Lipinski definition) is 1. The van der Waals surface area contributed by atoms with E-state index in [2.05, 4.69) is 5.32 Å². The minimum Gasteiger partial charge on any atom is -0.325 e. The van der Waals surface area contributed by atoms with Gasteiger partial charge in [0.1, 0.15) is 0 Å². The number of rotatable bonds is 7. The Balaban J connectivity index is 1.71. The van der Waals surface area contributed by atoms with Crippen LogP contribution < -0.4 is 5.32 Å². The number of carbonyl (C=O) groups excluding carboxylic acids is 1. The van der Waals surface area contributed by atoms with E-state index in [4.69, 9.17) is 0 Å². The second-order valence-electron chi connectivity index (χ2n) is 7.44. The molecule has 3 rings (SSSR count). The molecule has 1 N–H and O–H groups in total. The Labute approximate surface area is 186 Å². The first-order valence-electron chi connectivity index (χ1n) is 10.0. The van der Waals surface area contributed by atoms with E-state index < -0.39 is 20.2 Å². The van der Waals surface area contributed by atoms with Crippen LogP contribution in [0.3, 0.4) is 0 Å². The van der Waals surface area contributed by atoms with Crippen LogP contribution >= 0.6 is 11.8 Å². The summed E-state index contributed by atoms with van der Waals surface area (Å²) in [4.78, 5) is 23.9. The largest absolute Gasteiger partial charge is 0.325 e. The van der Waals surface area contributed by atoms with Gasteiger partial charge in [0.05, 0.1) is 15.1 Å². The van der Waals surface area contributed by atoms with E-state index in [1.807, 2.05) is 0 Å². The summed E-state index contributed by atoms with van der Waals surface area (Å²) < 4.78 is 27.4. The number of carbonyl (C=O) groups is 1. The number of hydrogen-bond acceptors (Lipinski definition) is 6. The molecule has 1 saturated heterocycles. The summed E-state index contributed by atoms with van der Waals surface area (Å²) in [6, 6.07) is 10.8. The summed E-state index contributed by atoms with van der Waals surface area (Å²) in [5, 5.41) is 13.1. The van der Waals surface area contributed by atoms with Crippen molar-refractivity contribution in [1.29, 1.82) is 0 Å². The number of aryl methyl sites for hydroxylation is 1. The highest BCUT2D eigenvalue weighted by Crippen LogP contribution is 2.28. The van der Waals surface area contributed by atoms with Crippen LogP contribution in [-0.2, 0) is 14.8 Å². The molecule has 8 nitrogen and oxygen atoms in total. The zero-order valence-corrected chi connectivity index (χ0v) is 19.0. The van der Waals surface area contributed by atoms with Gasteiger partial charge >= 0.3 is 0 Å². The first-order chi connectivity index (χ1) is 14.7. The molecule has 1 atom stereocenters. The molecule has 1 heterocycles. The first kappa shape index (κ1) is 23.2. The van der Waals surface area contributed by atoms with Crippen LogP contribution in [-0.4, -0.2) is 41.9 Å². The third-order valence-corrected chi connectivity index (χ3v) is 8.16. The molecule has 1 fully saturated rings. The van der Waals surface area contributed by atoms with Crippen LogP contribution in [0.4, 0.5) is 11.4 Å². The van der Waals surface area contributed by atoms with E-state index >= 15 is 0 Å². The summed E-state index contributed by atoms with van der Waals surface area (Å²) >= 11 is 1.27. The molecule has 0 aromatic heterocycles. The van der Waals surface area contributed by atoms with Gasteiger partial charge in [0, 0.05) is 35.8 Å². The van der Waals surface area contributed by atoms with E-state index in [1.54, 1.807) is 38.1 Å². The number of thioether (sulfide) groups is 1. The summed E-state index contributed by atoms with van der Waals surface area (Å²) in [7, 11) is -3.60. The van der Waals surface area contributed by atoms with Gasteiger partial charge < -0.3 is 5.32 Å². The molecule has 0 saturated carbocycles. The Kier molecular flexibility index (Phi) is 7.34. The number of anilines is 1. The van der Waals surface area contributed by atoms with Crippen molar-refractivity contribution in [2.75, 3.05) is 18.4 Å². The predicted molar refractivity (Wildman–Crippen MR) is 121 cm³/mol. The molecular weight excluding hydrogens is 438 g/mol. The van der Waals surface area contributed by atoms with Crippen molar-refractivity contribution in [3.05, 3.63) is 58.1 Å². The van der Waals surface area contributed by atoms with Gasteiger partial charge in [0.15, 0.2) is 0 Å². The maximum absolute atomic E-state index is 12.9. The van der Waals surface area contributed by atoms with E-state index in [0.717, 1.165) is 29.7 Å². The average molecular weight is 464 g/mol. The first-order valence-corrected chi connectivity index (χ1v) is 12.3. The normalized spacial score (nSPS) is 15.9. The lowest BCUT2D eigenvalue weighted by Crippen LogP contribution is -2.35. The number of amides is 1. The van der Waals surface area contributed by atoms with Crippen molar-refractivity contribution in [3.63, 3.8) is 0 Å². The Bertz CT molecular complexity index is 1060. The fourth-order valence-corrected chi connectivity index (χ4v) is 5.70. The molecule has 0 bridgehead atoms. The zero-order chi connectivity index (χ0) is 22.6. The van der Waals surface area contributed by atoms with Crippen LogP contribution in [0.2, 0.25) is 0 Å². The lowest BCUT2D eigenvalue weighted by molar-refractivity contribution is -0.384. The van der Waals surface area contributed by atoms with Crippen LogP contribution in [0.25, 0.3) is 0 Å². The van der Waals surface area contributed by atoms with Crippen molar-refractivity contribution < 1.29 is 18.1 Å². The van der Waals surface area contributed by atoms with Crippen molar-refractivity contribution in [2.24, 2.45) is 0 Å². The number of nitrogens with one attached hydrogen (secondary N) is 1. The van der Waals surface area contributed by atoms with Gasteiger partial charge in [-0.1, -0.05) is 12.5 Å². The van der Waals surface area contributed by atoms with Gasteiger partial charge in [-0.2, -0.15) is 4.31 Å². The number of benzene rings is 2. The maximum atomic E-state index is 12.9. The fraction of sp³-hybridized carbons (Fsp3) is 0.381. The van der Waals surface area contributed by atoms with Crippen LogP contribution in [0.1, 0.15) is 31.7 Å². The van der Waals surface area contributed by atoms with Crippen molar-refractivity contribution in [1.82, 2.24) is 4.31 Å². The average Bonchev–Trinajstić information content (AvgIpc) is 2.76. The van der Waals surface area contributed by atoms with Gasteiger partial charge in [-0.05, 0) is 56.5 Å². The summed E-state index contributed by atoms with van der Waals surface area (Å²) in [5.74, 6) is -0.279. The Morgan fingerprint density at radius 2 is 1.77 bits per heavy atom. The summed E-state index contributed by atoms with van der Waals surface area (Å²) in [5.41, 5.74) is 1.21. The molecular formula is C21H25N3O5S2. The molecule has 31 heavy (non-hydrogen) atoms. The standard InChI is InChI=1S/C21H25N3O5S2/c1-15-6-11-19(31(28,29)23-12-4-3-5-13-23)14-20(15)22-21(25)16(2)30-18-9-7-17(8-10-18)24(26)27/h6-11,14,16H,3-5,12-13H2,1-2H3,(H,22,25). The molecule has 0 spiro atoms. The van der Waals surface area contributed by atoms with Crippen LogP contribution in [0.5, 0.6) is 0 Å². The smallest absolute Gasteiger partial charge is 0.269 e. The summed E-state index contributed by atoms with van der Waals surface area (Å²) in [6.07, 6.45) is 2.74. The maximum Gasteiger partial charge on any atom is 0.269 e. The minimum absolute atomic E-state index is 0.0104. The summed E-state index contributed by atoms with van der Waals surface area (Å²) in [6.45, 7) is 4.56. The molecule has 10 heteroatoms. The second-order valence-corrected chi connectivity index (χ2v) is 10.8. The fourth-order valence-electron chi connectivity index (χ4n) is 3.29. The molecule has 1 unspecified atom stereocenters. The third-order valence-electron chi connectivity index (χ3n) is 5.15. The molecule has 0 aliphatic carbocycles. The quantitative estimate of drug-likeness (QED) is 0.374. The number of non-ortho nitro benzene ring substituents is 1. The third kappa shape index (κ3) is 5.63. The molecule has 2 aromatic rings. The van der Waals surface area contributed by atoms with E-state index in [-0.39, 0.29) is 16.5 Å². The van der Waals surface area contributed by atoms with Gasteiger partial charge in [-0.3, -0.25) is 14.9 Å². The predicted octanol–water partition coefficient (Wildman–Crippen LogP) is 4.20. The van der Waals surface area contributed by atoms with Gasteiger partial charge in [0.2, 0.25) is 15.9 Å². The number of piperidine rings is 1. The van der Waals surface area contributed by atoms with Gasteiger partial charge in [0.25, 0.3) is 5.69 Å². The molecule has 0 radical (unpaired) electrons. The second kappa shape index (κ2) is 9.80. The Hall–Kier alpha value is -2.43. The molecule has 166 valence electrons. The van der Waals surface area contributed by atoms with Gasteiger partial charge in [-0.25, -0.2) is 8.42 Å². The number of sulfonamides is 1. The van der Waals surface area contributed by atoms with Crippen LogP contribution in [0, 0.1) is 17.0 Å². The van der Waals surface area contributed by atoms with Gasteiger partial charge in [-0.15, -0.1) is 11.8 Å². The lowest BCUT2D eigenvalue weighted by Gasteiger charge is -2.26. The number of nitro groups is 1. The number of nitro benzene ring substituents is 1. The monoisotopic (exact) mass is 463 g/mol. The Morgan fingerprint density at radius 3 is 2.39 bits per heavy atom. The molecule has 1 amide bonds. The highest BCUT2D eigenvalue weighted by atomic mass is 32.2. The van der Waals surface area contributed by atoms with Crippen molar-refractivity contribution >= 4 is 39.1 Å². The van der Waals surface area contributed by atoms with Crippen LogP contribution in [0.15, 0.2) is 52.3 Å². The SMILES string of the molecule is Cc1ccc(S(=O)(=O)N2CCCCC2)cc1NC(=O)C(C)Sc1ccc([N+](=O)[O-])cc1. The van der Waals surface area contributed by atoms with E-state index in [9.17, 15) is 23.3 Å². The highest BCUT2D eigenvalue weighted by molar-refractivity contribution is 8.00. The Morgan fingerprint density at radius 1 is 1.13 bits per heavy atom. The lowest BCUT2D eigenvalue weighted by atomic mass is 10.2. The number of nitrogens with zero attached hydrogens (tertiary/aromatic N) is 2. The molecule has 2 aromatic carbocycles. The van der Waals surface area contributed by atoms with Crippen molar-refractivity contribution in [3.8, 4) is 0 Å². The van der Waals surface area contributed by atoms with E-state index in [1.165, 1.54) is 34.3 Å². The molecule has 1 aliphatic rings. The highest BCUT2D eigenvalue weighted by Gasteiger charge is 2.26. The molecule has 1 aliphatic heterocycles. The minimum atomic E-state index is -3.60. The van der Waals surface area contributed by atoms with Crippen molar-refractivity contribution in [2.45, 2.75) is 48.2 Å². The zero-order valence-electron chi connectivity index (χ0n) is 17.4. The van der Waals surface area contributed by atoms with E-state index in [0.29, 0.717) is 18.8 Å². The topological polar surface area (TPSA) is 110 Å².